The van der Waals surface area contributed by atoms with E-state index in [2.05, 4.69) is 0 Å². The van der Waals surface area contributed by atoms with E-state index in [0.717, 1.165) is 29.0 Å². The van der Waals surface area contributed by atoms with Crippen molar-refractivity contribution < 1.29 is 14.3 Å². The summed E-state index contributed by atoms with van der Waals surface area (Å²) >= 11 is 7.58. The molecule has 0 N–H and O–H groups in total. The topological polar surface area (TPSA) is 46.6 Å². The van der Waals surface area contributed by atoms with Gasteiger partial charge in [0.1, 0.15) is 0 Å². The van der Waals surface area contributed by atoms with Gasteiger partial charge in [-0.2, -0.15) is 0 Å². The van der Waals surface area contributed by atoms with Gasteiger partial charge >= 0.3 is 5.97 Å². The van der Waals surface area contributed by atoms with Gasteiger partial charge in [0.05, 0.1) is 10.6 Å². The Morgan fingerprint density at radius 2 is 2.04 bits per heavy atom. The number of aryl methyl sites for hydroxylation is 1. The molecule has 1 heterocycles. The SMILES string of the molecule is CSc1ccc(Cl)c(C(=O)OCC(=O)N2CCCc3ccccc32)c1. The van der Waals surface area contributed by atoms with Crippen LogP contribution < -0.4 is 4.90 Å². The summed E-state index contributed by atoms with van der Waals surface area (Å²) in [6, 6.07) is 13.0. The largest absolute Gasteiger partial charge is 0.452 e. The van der Waals surface area contributed by atoms with E-state index in [1.54, 1.807) is 17.0 Å². The van der Waals surface area contributed by atoms with Crippen molar-refractivity contribution in [1.82, 2.24) is 0 Å². The minimum Gasteiger partial charge on any atom is -0.452 e. The number of ether oxygens (including phenoxy) is 1. The Morgan fingerprint density at radius 3 is 2.84 bits per heavy atom. The lowest BCUT2D eigenvalue weighted by Gasteiger charge is -2.29. The van der Waals surface area contributed by atoms with E-state index >= 15 is 0 Å². The van der Waals surface area contributed by atoms with Crippen LogP contribution in [0.4, 0.5) is 5.69 Å². The van der Waals surface area contributed by atoms with Crippen LogP contribution in [-0.2, 0) is 16.0 Å². The minimum absolute atomic E-state index is 0.224. The number of hydrogen-bond acceptors (Lipinski definition) is 4. The number of amides is 1. The van der Waals surface area contributed by atoms with Crippen molar-refractivity contribution in [3.63, 3.8) is 0 Å². The van der Waals surface area contributed by atoms with Crippen molar-refractivity contribution in [2.24, 2.45) is 0 Å². The molecule has 3 rings (SSSR count). The van der Waals surface area contributed by atoms with Gasteiger partial charge in [-0.15, -0.1) is 11.8 Å². The van der Waals surface area contributed by atoms with E-state index in [1.165, 1.54) is 11.8 Å². The summed E-state index contributed by atoms with van der Waals surface area (Å²) in [6.45, 7) is 0.336. The number of carbonyl (C=O) groups is 2. The van der Waals surface area contributed by atoms with Gasteiger partial charge in [0.25, 0.3) is 5.91 Å². The highest BCUT2D eigenvalue weighted by molar-refractivity contribution is 7.98. The lowest BCUT2D eigenvalue weighted by molar-refractivity contribution is -0.121. The maximum Gasteiger partial charge on any atom is 0.340 e. The first-order valence-electron chi connectivity index (χ1n) is 7.99. The number of thioether (sulfide) groups is 1. The molecular weight excluding hydrogens is 358 g/mol. The molecule has 0 saturated heterocycles. The molecule has 2 aromatic carbocycles. The molecule has 6 heteroatoms. The van der Waals surface area contributed by atoms with Gasteiger partial charge in [0.2, 0.25) is 0 Å². The zero-order valence-corrected chi connectivity index (χ0v) is 15.4. The Morgan fingerprint density at radius 1 is 1.24 bits per heavy atom. The van der Waals surface area contributed by atoms with E-state index in [0.29, 0.717) is 11.6 Å². The number of nitrogens with zero attached hydrogens (tertiary/aromatic N) is 1. The first-order valence-corrected chi connectivity index (χ1v) is 9.59. The molecule has 25 heavy (non-hydrogen) atoms. The van der Waals surface area contributed by atoms with E-state index in [9.17, 15) is 9.59 Å². The van der Waals surface area contributed by atoms with Crippen LogP contribution in [0, 0.1) is 0 Å². The Kier molecular flexibility index (Phi) is 5.66. The summed E-state index contributed by atoms with van der Waals surface area (Å²) in [5, 5.41) is 0.318. The minimum atomic E-state index is -0.584. The fourth-order valence-corrected chi connectivity index (χ4v) is 3.50. The molecule has 0 aromatic heterocycles. The van der Waals surface area contributed by atoms with Crippen LogP contribution in [0.3, 0.4) is 0 Å². The molecule has 0 spiro atoms. The number of carbonyl (C=O) groups excluding carboxylic acids is 2. The number of anilines is 1. The third-order valence-corrected chi connectivity index (χ3v) is 5.19. The Labute approximate surface area is 156 Å². The van der Waals surface area contributed by atoms with Crippen molar-refractivity contribution in [2.45, 2.75) is 17.7 Å². The average molecular weight is 376 g/mol. The molecule has 2 aromatic rings. The predicted molar refractivity (Wildman–Crippen MR) is 101 cm³/mol. The van der Waals surface area contributed by atoms with E-state index < -0.39 is 5.97 Å². The lowest BCUT2D eigenvalue weighted by Crippen LogP contribution is -2.38. The molecule has 4 nitrogen and oxygen atoms in total. The molecule has 1 amide bonds. The number of benzene rings is 2. The zero-order valence-electron chi connectivity index (χ0n) is 13.8. The summed E-state index contributed by atoms with van der Waals surface area (Å²) in [4.78, 5) is 27.4. The maximum atomic E-state index is 12.5. The summed E-state index contributed by atoms with van der Waals surface area (Å²) in [7, 11) is 0. The quantitative estimate of drug-likeness (QED) is 0.593. The summed E-state index contributed by atoms with van der Waals surface area (Å²) in [5.74, 6) is -0.808. The van der Waals surface area contributed by atoms with E-state index in [4.69, 9.17) is 16.3 Å². The lowest BCUT2D eigenvalue weighted by atomic mass is 10.0. The first-order chi connectivity index (χ1) is 12.1. The van der Waals surface area contributed by atoms with Crippen molar-refractivity contribution in [1.29, 1.82) is 0 Å². The number of hydrogen-bond donors (Lipinski definition) is 0. The van der Waals surface area contributed by atoms with E-state index in [1.807, 2.05) is 36.6 Å². The van der Waals surface area contributed by atoms with Gasteiger partial charge in [0, 0.05) is 17.1 Å². The molecule has 130 valence electrons. The highest BCUT2D eigenvalue weighted by Gasteiger charge is 2.23. The average Bonchev–Trinajstić information content (AvgIpc) is 2.65. The van der Waals surface area contributed by atoms with Crippen molar-refractivity contribution in [3.8, 4) is 0 Å². The number of fused-ring (bicyclic) bond motifs is 1. The zero-order chi connectivity index (χ0) is 17.8. The molecule has 0 aliphatic carbocycles. The summed E-state index contributed by atoms with van der Waals surface area (Å²) in [5.41, 5.74) is 2.32. The molecule has 0 saturated carbocycles. The highest BCUT2D eigenvalue weighted by atomic mass is 35.5. The number of esters is 1. The summed E-state index contributed by atoms with van der Waals surface area (Å²) in [6.07, 6.45) is 3.77. The van der Waals surface area contributed by atoms with Crippen molar-refractivity contribution >= 4 is 40.9 Å². The molecule has 0 unspecified atom stereocenters. The maximum absolute atomic E-state index is 12.5. The Bertz CT molecular complexity index is 809. The van der Waals surface area contributed by atoms with Crippen LogP contribution in [0.5, 0.6) is 0 Å². The fourth-order valence-electron chi connectivity index (χ4n) is 2.86. The van der Waals surface area contributed by atoms with Crippen LogP contribution in [0.1, 0.15) is 22.3 Å². The molecule has 0 atom stereocenters. The van der Waals surface area contributed by atoms with Crippen molar-refractivity contribution in [3.05, 3.63) is 58.6 Å². The smallest absolute Gasteiger partial charge is 0.340 e. The van der Waals surface area contributed by atoms with Gasteiger partial charge in [-0.25, -0.2) is 4.79 Å². The van der Waals surface area contributed by atoms with E-state index in [-0.39, 0.29) is 18.1 Å². The van der Waals surface area contributed by atoms with Crippen LogP contribution in [0.15, 0.2) is 47.4 Å². The molecule has 1 aliphatic rings. The highest BCUT2D eigenvalue weighted by Crippen LogP contribution is 2.27. The Hall–Kier alpha value is -1.98. The molecule has 0 bridgehead atoms. The van der Waals surface area contributed by atoms with Gasteiger partial charge in [-0.1, -0.05) is 29.8 Å². The molecule has 0 fully saturated rings. The standard InChI is InChI=1S/C19H18ClNO3S/c1-25-14-8-9-16(20)15(11-14)19(23)24-12-18(22)21-10-4-6-13-5-2-3-7-17(13)21/h2-3,5,7-9,11H,4,6,10,12H2,1H3. The van der Waals surface area contributed by atoms with Gasteiger partial charge in [-0.3, -0.25) is 4.79 Å². The van der Waals surface area contributed by atoms with Crippen molar-refractivity contribution in [2.75, 3.05) is 24.3 Å². The van der Waals surface area contributed by atoms with Gasteiger partial charge in [0.15, 0.2) is 6.61 Å². The van der Waals surface area contributed by atoms with Gasteiger partial charge in [-0.05, 0) is 48.9 Å². The second kappa shape index (κ2) is 7.93. The molecule has 1 aliphatic heterocycles. The van der Waals surface area contributed by atoms with Crippen LogP contribution in [0.25, 0.3) is 0 Å². The number of rotatable bonds is 4. The summed E-state index contributed by atoms with van der Waals surface area (Å²) < 4.78 is 5.21. The van der Waals surface area contributed by atoms with Crippen LogP contribution in [-0.4, -0.2) is 31.3 Å². The Balaban J connectivity index is 1.68. The molecular formula is C19H18ClNO3S. The number of halogens is 1. The van der Waals surface area contributed by atoms with Crippen LogP contribution in [0.2, 0.25) is 5.02 Å². The second-order valence-corrected chi connectivity index (χ2v) is 6.99. The number of para-hydroxylation sites is 1. The third-order valence-electron chi connectivity index (χ3n) is 4.13. The second-order valence-electron chi connectivity index (χ2n) is 5.70. The normalized spacial score (nSPS) is 13.3. The fraction of sp³-hybridized carbons (Fsp3) is 0.263. The first kappa shape index (κ1) is 17.8. The van der Waals surface area contributed by atoms with Crippen LogP contribution >= 0.6 is 23.4 Å². The third kappa shape index (κ3) is 3.99. The monoisotopic (exact) mass is 375 g/mol. The predicted octanol–water partition coefficient (Wildman–Crippen LogP) is 4.20. The molecule has 0 radical (unpaired) electrons. The van der Waals surface area contributed by atoms with Gasteiger partial charge < -0.3 is 9.64 Å².